The topological polar surface area (TPSA) is 39.7 Å². The van der Waals surface area contributed by atoms with Crippen LogP contribution in [0.15, 0.2) is 12.7 Å². The third-order valence-corrected chi connectivity index (χ3v) is 2.35. The molecule has 0 aromatic heterocycles. The summed E-state index contributed by atoms with van der Waals surface area (Å²) >= 11 is 0. The molecule has 82 valence electrons. The van der Waals surface area contributed by atoms with E-state index in [4.69, 9.17) is 14.2 Å². The average Bonchev–Trinajstić information content (AvgIpc) is 2.49. The zero-order chi connectivity index (χ0) is 9.15. The third kappa shape index (κ3) is 2.46. The van der Waals surface area contributed by atoms with Crippen LogP contribution in [0.2, 0.25) is 0 Å². The monoisotopic (exact) mass is 221 g/mol. The van der Waals surface area contributed by atoms with E-state index in [2.05, 4.69) is 11.9 Å². The standard InChI is InChI=1S/C9H15NO3.ClH/c1-2-8-5-11-7-9(6-10-8)12-3-4-13-9;/h2,8,10H,1,3-7H2;1H/t8-;/m1./s1. The van der Waals surface area contributed by atoms with Crippen LogP contribution in [0.5, 0.6) is 0 Å². The average molecular weight is 222 g/mol. The summed E-state index contributed by atoms with van der Waals surface area (Å²) in [6.45, 7) is 6.84. The molecule has 1 atom stereocenters. The van der Waals surface area contributed by atoms with Gasteiger partial charge in [0, 0.05) is 6.04 Å². The second-order valence-electron chi connectivity index (χ2n) is 3.35. The molecule has 2 aliphatic heterocycles. The highest BCUT2D eigenvalue weighted by Gasteiger charge is 2.38. The van der Waals surface area contributed by atoms with Gasteiger partial charge in [-0.3, -0.25) is 0 Å². The Morgan fingerprint density at radius 1 is 1.36 bits per heavy atom. The minimum absolute atomic E-state index is 0. The zero-order valence-corrected chi connectivity index (χ0v) is 8.85. The van der Waals surface area contributed by atoms with E-state index in [-0.39, 0.29) is 18.4 Å². The molecular weight excluding hydrogens is 206 g/mol. The van der Waals surface area contributed by atoms with E-state index in [1.807, 2.05) is 6.08 Å². The number of hydrogen-bond acceptors (Lipinski definition) is 4. The van der Waals surface area contributed by atoms with E-state index in [0.717, 1.165) is 0 Å². The fourth-order valence-electron chi connectivity index (χ4n) is 1.57. The second kappa shape index (κ2) is 5.09. The van der Waals surface area contributed by atoms with Gasteiger partial charge in [-0.2, -0.15) is 0 Å². The summed E-state index contributed by atoms with van der Waals surface area (Å²) < 4.78 is 16.5. The smallest absolute Gasteiger partial charge is 0.204 e. The predicted molar refractivity (Wildman–Crippen MR) is 54.7 cm³/mol. The summed E-state index contributed by atoms with van der Waals surface area (Å²) in [7, 11) is 0. The van der Waals surface area contributed by atoms with Gasteiger partial charge in [-0.15, -0.1) is 19.0 Å². The Bertz CT molecular complexity index is 194. The molecule has 5 heteroatoms. The highest BCUT2D eigenvalue weighted by Crippen LogP contribution is 2.20. The van der Waals surface area contributed by atoms with Crippen molar-refractivity contribution in [2.24, 2.45) is 0 Å². The van der Waals surface area contributed by atoms with Gasteiger partial charge in [0.15, 0.2) is 0 Å². The summed E-state index contributed by atoms with van der Waals surface area (Å²) in [4.78, 5) is 0. The number of rotatable bonds is 1. The molecule has 0 aliphatic carbocycles. The van der Waals surface area contributed by atoms with E-state index >= 15 is 0 Å². The Balaban J connectivity index is 0.000000980. The van der Waals surface area contributed by atoms with Crippen LogP contribution >= 0.6 is 12.4 Å². The molecule has 1 spiro atoms. The molecular formula is C9H16ClNO3. The van der Waals surface area contributed by atoms with Gasteiger partial charge >= 0.3 is 0 Å². The number of ether oxygens (including phenoxy) is 3. The molecule has 4 nitrogen and oxygen atoms in total. The maximum Gasteiger partial charge on any atom is 0.204 e. The van der Waals surface area contributed by atoms with Crippen molar-refractivity contribution >= 4 is 12.4 Å². The molecule has 14 heavy (non-hydrogen) atoms. The lowest BCUT2D eigenvalue weighted by Crippen LogP contribution is -2.44. The lowest BCUT2D eigenvalue weighted by atomic mass is 10.2. The molecule has 2 aliphatic rings. The van der Waals surface area contributed by atoms with Crippen LogP contribution in [-0.4, -0.2) is 44.8 Å². The molecule has 2 rings (SSSR count). The molecule has 0 amide bonds. The SMILES string of the molecule is C=C[C@@H]1COCC2(CN1)OCCO2.Cl. The van der Waals surface area contributed by atoms with Crippen molar-refractivity contribution in [3.8, 4) is 0 Å². The maximum atomic E-state index is 5.51. The van der Waals surface area contributed by atoms with Crippen molar-refractivity contribution in [1.29, 1.82) is 0 Å². The van der Waals surface area contributed by atoms with Crippen molar-refractivity contribution in [2.45, 2.75) is 11.8 Å². The van der Waals surface area contributed by atoms with Gasteiger partial charge in [-0.05, 0) is 0 Å². The van der Waals surface area contributed by atoms with Crippen molar-refractivity contribution in [3.63, 3.8) is 0 Å². The lowest BCUT2D eigenvalue weighted by Gasteiger charge is -2.24. The molecule has 2 fully saturated rings. The molecule has 0 radical (unpaired) electrons. The van der Waals surface area contributed by atoms with Crippen molar-refractivity contribution in [3.05, 3.63) is 12.7 Å². The lowest BCUT2D eigenvalue weighted by molar-refractivity contribution is -0.181. The van der Waals surface area contributed by atoms with Crippen LogP contribution in [0.4, 0.5) is 0 Å². The van der Waals surface area contributed by atoms with Gasteiger partial charge in [0.1, 0.15) is 6.61 Å². The predicted octanol–water partition coefficient (Wildman–Crippen LogP) is 0.326. The zero-order valence-electron chi connectivity index (χ0n) is 8.03. The fraction of sp³-hybridized carbons (Fsp3) is 0.778. The maximum absolute atomic E-state index is 5.51. The Morgan fingerprint density at radius 2 is 2.07 bits per heavy atom. The number of hydrogen-bond donors (Lipinski definition) is 1. The summed E-state index contributed by atoms with van der Waals surface area (Å²) in [6, 6.07) is 0.201. The molecule has 0 unspecified atom stereocenters. The molecule has 0 aromatic carbocycles. The van der Waals surface area contributed by atoms with Crippen molar-refractivity contribution in [2.75, 3.05) is 33.0 Å². The van der Waals surface area contributed by atoms with Gasteiger partial charge in [-0.1, -0.05) is 6.08 Å². The second-order valence-corrected chi connectivity index (χ2v) is 3.35. The first-order valence-electron chi connectivity index (χ1n) is 4.56. The molecule has 0 bridgehead atoms. The summed E-state index contributed by atoms with van der Waals surface area (Å²) in [6.07, 6.45) is 1.84. The van der Waals surface area contributed by atoms with Gasteiger partial charge < -0.3 is 19.5 Å². The van der Waals surface area contributed by atoms with E-state index < -0.39 is 5.79 Å². The van der Waals surface area contributed by atoms with E-state index in [1.54, 1.807) is 0 Å². The summed E-state index contributed by atoms with van der Waals surface area (Å²) in [5.74, 6) is -0.544. The molecule has 0 aromatic rings. The van der Waals surface area contributed by atoms with Crippen LogP contribution < -0.4 is 5.32 Å². The first kappa shape index (κ1) is 11.9. The van der Waals surface area contributed by atoms with Crippen LogP contribution in [0, 0.1) is 0 Å². The minimum atomic E-state index is -0.544. The quantitative estimate of drug-likeness (QED) is 0.648. The first-order chi connectivity index (χ1) is 6.35. The van der Waals surface area contributed by atoms with Gasteiger partial charge in [-0.25, -0.2) is 0 Å². The third-order valence-electron chi connectivity index (χ3n) is 2.35. The Labute approximate surface area is 90.0 Å². The fourth-order valence-corrected chi connectivity index (χ4v) is 1.57. The van der Waals surface area contributed by atoms with Gasteiger partial charge in [0.05, 0.1) is 26.4 Å². The Kier molecular flexibility index (Phi) is 4.34. The van der Waals surface area contributed by atoms with E-state index in [1.165, 1.54) is 0 Å². The minimum Gasteiger partial charge on any atom is -0.374 e. The largest absolute Gasteiger partial charge is 0.374 e. The first-order valence-corrected chi connectivity index (χ1v) is 4.56. The van der Waals surface area contributed by atoms with Crippen LogP contribution in [0.25, 0.3) is 0 Å². The Hall–Kier alpha value is -0.130. The van der Waals surface area contributed by atoms with Crippen LogP contribution in [0.3, 0.4) is 0 Å². The highest BCUT2D eigenvalue weighted by atomic mass is 35.5. The van der Waals surface area contributed by atoms with Crippen LogP contribution in [0.1, 0.15) is 0 Å². The van der Waals surface area contributed by atoms with Gasteiger partial charge in [0.25, 0.3) is 0 Å². The number of halogens is 1. The van der Waals surface area contributed by atoms with E-state index in [9.17, 15) is 0 Å². The normalized spacial score (nSPS) is 30.7. The molecule has 2 heterocycles. The molecule has 0 saturated carbocycles. The van der Waals surface area contributed by atoms with Crippen LogP contribution in [-0.2, 0) is 14.2 Å². The van der Waals surface area contributed by atoms with Crippen molar-refractivity contribution in [1.82, 2.24) is 5.32 Å². The van der Waals surface area contributed by atoms with Crippen molar-refractivity contribution < 1.29 is 14.2 Å². The molecule has 2 saturated heterocycles. The number of nitrogens with one attached hydrogen (secondary N) is 1. The van der Waals surface area contributed by atoms with Gasteiger partial charge in [0.2, 0.25) is 5.79 Å². The van der Waals surface area contributed by atoms with E-state index in [0.29, 0.717) is 33.0 Å². The summed E-state index contributed by atoms with van der Waals surface area (Å²) in [5.41, 5.74) is 0. The summed E-state index contributed by atoms with van der Waals surface area (Å²) in [5, 5.41) is 3.27. The Morgan fingerprint density at radius 3 is 2.71 bits per heavy atom. The molecule has 1 N–H and O–H groups in total. The highest BCUT2D eigenvalue weighted by molar-refractivity contribution is 5.85.